The van der Waals surface area contributed by atoms with E-state index in [1.165, 1.54) is 0 Å². The van der Waals surface area contributed by atoms with Crippen molar-refractivity contribution in [1.82, 2.24) is 0 Å². The van der Waals surface area contributed by atoms with Crippen molar-refractivity contribution in [3.05, 3.63) is 60.7 Å². The Labute approximate surface area is 129 Å². The molecule has 0 spiro atoms. The molecular weight excluding hydrogens is 284 g/mol. The molecule has 5 nitrogen and oxygen atoms in total. The van der Waals surface area contributed by atoms with Gasteiger partial charge in [0.05, 0.1) is 0 Å². The van der Waals surface area contributed by atoms with Crippen LogP contribution in [-0.2, 0) is 30.2 Å². The predicted molar refractivity (Wildman–Crippen MR) is 79.8 cm³/mol. The molecular formula is C17H18O5. The average Bonchev–Trinajstić information content (AvgIpc) is 3.17. The fourth-order valence-corrected chi connectivity index (χ4v) is 1.99. The second-order valence-corrected chi connectivity index (χ2v) is 5.17. The van der Waals surface area contributed by atoms with Gasteiger partial charge >= 0.3 is 11.9 Å². The Bertz CT molecular complexity index is 592. The van der Waals surface area contributed by atoms with Gasteiger partial charge in [0.1, 0.15) is 6.61 Å². The Hall–Kier alpha value is -2.40. The highest BCUT2D eigenvalue weighted by Gasteiger charge is 2.60. The van der Waals surface area contributed by atoms with Gasteiger partial charge in [-0.25, -0.2) is 9.59 Å². The van der Waals surface area contributed by atoms with Gasteiger partial charge in [0, 0.05) is 18.1 Å². The third kappa shape index (κ3) is 3.83. The van der Waals surface area contributed by atoms with Crippen molar-refractivity contribution < 1.29 is 23.8 Å². The summed E-state index contributed by atoms with van der Waals surface area (Å²) in [5.74, 6) is -1.08. The number of carbonyl (C=O) groups excluding carboxylic acids is 2. The van der Waals surface area contributed by atoms with E-state index in [0.29, 0.717) is 12.0 Å². The number of ether oxygens (including phenoxy) is 3. The topological polar surface area (TPSA) is 65.1 Å². The summed E-state index contributed by atoms with van der Waals surface area (Å²) >= 11 is 0. The lowest BCUT2D eigenvalue weighted by Crippen LogP contribution is -2.29. The Morgan fingerprint density at radius 3 is 2.64 bits per heavy atom. The first kappa shape index (κ1) is 16.0. The zero-order valence-electron chi connectivity index (χ0n) is 12.4. The van der Waals surface area contributed by atoms with Gasteiger partial charge in [-0.15, -0.1) is 0 Å². The van der Waals surface area contributed by atoms with E-state index in [-0.39, 0.29) is 6.61 Å². The Balaban J connectivity index is 2.05. The molecule has 0 radical (unpaired) electrons. The molecule has 0 N–H and O–H groups in total. The summed E-state index contributed by atoms with van der Waals surface area (Å²) in [6, 6.07) is 9.55. The molecule has 0 bridgehead atoms. The highest BCUT2D eigenvalue weighted by Crippen LogP contribution is 2.41. The van der Waals surface area contributed by atoms with Gasteiger partial charge in [0.2, 0.25) is 6.29 Å². The molecule has 1 aliphatic heterocycles. The molecule has 2 atom stereocenters. The van der Waals surface area contributed by atoms with Crippen LogP contribution in [0.1, 0.15) is 12.5 Å². The molecule has 1 saturated heterocycles. The first-order chi connectivity index (χ1) is 10.5. The lowest BCUT2D eigenvalue weighted by molar-refractivity contribution is -0.142. The van der Waals surface area contributed by atoms with Crippen molar-refractivity contribution in [2.24, 2.45) is 0 Å². The quantitative estimate of drug-likeness (QED) is 0.439. The van der Waals surface area contributed by atoms with Crippen molar-refractivity contribution in [1.29, 1.82) is 0 Å². The third-order valence-corrected chi connectivity index (χ3v) is 3.25. The number of hydrogen-bond donors (Lipinski definition) is 0. The average molecular weight is 302 g/mol. The molecule has 5 heteroatoms. The van der Waals surface area contributed by atoms with Gasteiger partial charge in [-0.1, -0.05) is 43.5 Å². The number of rotatable bonds is 7. The van der Waals surface area contributed by atoms with Crippen LogP contribution in [0.2, 0.25) is 0 Å². The minimum atomic E-state index is -0.856. The van der Waals surface area contributed by atoms with Gasteiger partial charge in [-0.3, -0.25) is 0 Å². The second-order valence-electron chi connectivity index (χ2n) is 5.17. The fraction of sp³-hybridized carbons (Fsp3) is 0.294. The van der Waals surface area contributed by atoms with Crippen molar-refractivity contribution >= 4 is 11.9 Å². The van der Waals surface area contributed by atoms with Gasteiger partial charge in [0.15, 0.2) is 5.60 Å². The number of hydrogen-bond acceptors (Lipinski definition) is 5. The van der Waals surface area contributed by atoms with Crippen molar-refractivity contribution in [2.75, 3.05) is 6.61 Å². The minimum absolute atomic E-state index is 0.0112. The molecule has 1 aromatic rings. The van der Waals surface area contributed by atoms with E-state index in [1.807, 2.05) is 30.3 Å². The number of epoxide rings is 1. The third-order valence-electron chi connectivity index (χ3n) is 3.25. The highest BCUT2D eigenvalue weighted by atomic mass is 16.8. The monoisotopic (exact) mass is 302 g/mol. The van der Waals surface area contributed by atoms with Crippen LogP contribution in [0.3, 0.4) is 0 Å². The van der Waals surface area contributed by atoms with Crippen LogP contribution in [0.15, 0.2) is 55.1 Å². The van der Waals surface area contributed by atoms with Gasteiger partial charge in [0.25, 0.3) is 0 Å². The lowest BCUT2D eigenvalue weighted by Gasteiger charge is -2.13. The molecule has 116 valence electrons. The summed E-state index contributed by atoms with van der Waals surface area (Å²) in [4.78, 5) is 22.9. The van der Waals surface area contributed by atoms with E-state index in [2.05, 4.69) is 13.2 Å². The van der Waals surface area contributed by atoms with Gasteiger partial charge < -0.3 is 14.2 Å². The molecule has 2 rings (SSSR count). The standard InChI is InChI=1S/C17H18O5/c1-4-14(18)21-16-17(22-16,11-20-15(19)12(2)3)10-13-8-6-5-7-9-13/h4-9,16H,1-2,10-11H2,3H3. The van der Waals surface area contributed by atoms with Gasteiger partial charge in [-0.05, 0) is 12.5 Å². The van der Waals surface area contributed by atoms with E-state index < -0.39 is 23.8 Å². The fourth-order valence-electron chi connectivity index (χ4n) is 1.99. The molecule has 0 amide bonds. The van der Waals surface area contributed by atoms with Crippen LogP contribution in [0.25, 0.3) is 0 Å². The molecule has 22 heavy (non-hydrogen) atoms. The minimum Gasteiger partial charge on any atom is -0.459 e. The maximum Gasteiger partial charge on any atom is 0.333 e. The number of benzene rings is 1. The normalized spacial score (nSPS) is 22.5. The van der Waals surface area contributed by atoms with Crippen LogP contribution in [0.5, 0.6) is 0 Å². The molecule has 0 aliphatic carbocycles. The van der Waals surface area contributed by atoms with Crippen LogP contribution >= 0.6 is 0 Å². The smallest absolute Gasteiger partial charge is 0.333 e. The number of esters is 2. The largest absolute Gasteiger partial charge is 0.459 e. The Kier molecular flexibility index (Phi) is 4.78. The summed E-state index contributed by atoms with van der Waals surface area (Å²) in [5, 5.41) is 0. The molecule has 2 unspecified atom stereocenters. The maximum atomic E-state index is 11.6. The Morgan fingerprint density at radius 1 is 1.36 bits per heavy atom. The summed E-state index contributed by atoms with van der Waals surface area (Å²) in [6.45, 7) is 8.42. The van der Waals surface area contributed by atoms with Crippen LogP contribution in [0, 0.1) is 0 Å². The van der Waals surface area contributed by atoms with E-state index >= 15 is 0 Å². The summed E-state index contributed by atoms with van der Waals surface area (Å²) < 4.78 is 15.8. The van der Waals surface area contributed by atoms with E-state index in [1.54, 1.807) is 6.92 Å². The molecule has 1 fully saturated rings. The zero-order valence-corrected chi connectivity index (χ0v) is 12.4. The summed E-state index contributed by atoms with van der Waals surface area (Å²) in [7, 11) is 0. The van der Waals surface area contributed by atoms with Crippen molar-refractivity contribution in [3.63, 3.8) is 0 Å². The van der Waals surface area contributed by atoms with E-state index in [4.69, 9.17) is 14.2 Å². The lowest BCUT2D eigenvalue weighted by atomic mass is 10.00. The van der Waals surface area contributed by atoms with Crippen molar-refractivity contribution in [3.8, 4) is 0 Å². The SMILES string of the molecule is C=CC(=O)OC1OC1(COC(=O)C(=C)C)Cc1ccccc1. The highest BCUT2D eigenvalue weighted by molar-refractivity contribution is 5.87. The summed E-state index contributed by atoms with van der Waals surface area (Å²) in [6.07, 6.45) is 0.775. The maximum absolute atomic E-state index is 11.6. The number of carbonyl (C=O) groups is 2. The molecule has 1 heterocycles. The summed E-state index contributed by atoms with van der Waals surface area (Å²) in [5.41, 5.74) is 0.437. The predicted octanol–water partition coefficient (Wildman–Crippen LogP) is 2.17. The van der Waals surface area contributed by atoms with E-state index in [0.717, 1.165) is 11.6 Å². The molecule has 1 aromatic carbocycles. The molecule has 0 aromatic heterocycles. The zero-order chi connectivity index (χ0) is 16.2. The first-order valence-corrected chi connectivity index (χ1v) is 6.84. The van der Waals surface area contributed by atoms with Gasteiger partial charge in [-0.2, -0.15) is 0 Å². The second kappa shape index (κ2) is 6.58. The molecule has 1 aliphatic rings. The van der Waals surface area contributed by atoms with Crippen molar-refractivity contribution in [2.45, 2.75) is 25.2 Å². The van der Waals surface area contributed by atoms with Crippen LogP contribution in [0.4, 0.5) is 0 Å². The Morgan fingerprint density at radius 2 is 2.05 bits per heavy atom. The first-order valence-electron chi connectivity index (χ1n) is 6.84. The van der Waals surface area contributed by atoms with Crippen LogP contribution in [-0.4, -0.2) is 30.4 Å². The van der Waals surface area contributed by atoms with E-state index in [9.17, 15) is 9.59 Å². The molecule has 0 saturated carbocycles. The van der Waals surface area contributed by atoms with Crippen LogP contribution < -0.4 is 0 Å².